The number of fused-ring (bicyclic) bond motifs is 1. The molecule has 9 nitrogen and oxygen atoms in total. The molecular weight excluding hydrogens is 490 g/mol. The first-order valence-electron chi connectivity index (χ1n) is 12.3. The number of nitrogens with zero attached hydrogens (tertiary/aromatic N) is 7. The largest absolute Gasteiger partial charge is 0.368 e. The lowest BCUT2D eigenvalue weighted by molar-refractivity contribution is -0.00687. The van der Waals surface area contributed by atoms with Crippen LogP contribution in [0.25, 0.3) is 16.9 Å². The van der Waals surface area contributed by atoms with Gasteiger partial charge in [-0.3, -0.25) is 4.90 Å². The van der Waals surface area contributed by atoms with E-state index >= 15 is 8.78 Å². The van der Waals surface area contributed by atoms with Crippen molar-refractivity contribution in [3.63, 3.8) is 0 Å². The number of nitrogens with one attached hydrogen (secondary N) is 1. The second kappa shape index (κ2) is 8.33. The van der Waals surface area contributed by atoms with E-state index in [9.17, 15) is 8.78 Å². The van der Waals surface area contributed by atoms with Gasteiger partial charge in [0.25, 0.3) is 5.92 Å². The van der Waals surface area contributed by atoms with Crippen molar-refractivity contribution in [2.24, 2.45) is 0 Å². The van der Waals surface area contributed by atoms with Gasteiger partial charge in [0, 0.05) is 29.6 Å². The number of tetrazole rings is 1. The highest BCUT2D eigenvalue weighted by Gasteiger charge is 2.53. The molecule has 1 aromatic carbocycles. The van der Waals surface area contributed by atoms with Crippen LogP contribution in [-0.2, 0) is 0 Å². The number of aromatic nitrogens is 6. The normalized spacial score (nSPS) is 24.7. The van der Waals surface area contributed by atoms with Gasteiger partial charge in [0.15, 0.2) is 11.6 Å². The Morgan fingerprint density at radius 1 is 1.11 bits per heavy atom. The van der Waals surface area contributed by atoms with Crippen LogP contribution >= 0.6 is 0 Å². The van der Waals surface area contributed by atoms with Crippen LogP contribution in [0.3, 0.4) is 0 Å². The Labute approximate surface area is 210 Å². The number of benzene rings is 1. The minimum absolute atomic E-state index is 0.102. The number of piperidine rings is 1. The van der Waals surface area contributed by atoms with Crippen molar-refractivity contribution in [3.8, 4) is 16.9 Å². The van der Waals surface area contributed by atoms with E-state index in [1.807, 2.05) is 18.7 Å². The summed E-state index contributed by atoms with van der Waals surface area (Å²) >= 11 is 0. The molecule has 0 bridgehead atoms. The molecule has 37 heavy (non-hydrogen) atoms. The predicted molar refractivity (Wildman–Crippen MR) is 127 cm³/mol. The van der Waals surface area contributed by atoms with E-state index in [1.165, 1.54) is 23.1 Å². The van der Waals surface area contributed by atoms with Gasteiger partial charge < -0.3 is 11.1 Å². The van der Waals surface area contributed by atoms with E-state index in [0.717, 1.165) is 18.4 Å². The molecule has 0 radical (unpaired) electrons. The maximum Gasteiger partial charge on any atom is 0.262 e. The molecule has 2 atom stereocenters. The number of nitrogen functional groups attached to an aromatic ring is 1. The average molecular weight is 518 g/mol. The fourth-order valence-corrected chi connectivity index (χ4v) is 5.94. The molecule has 3 fully saturated rings. The fourth-order valence-electron chi connectivity index (χ4n) is 5.94. The lowest BCUT2D eigenvalue weighted by atomic mass is 9.84. The molecule has 6 rings (SSSR count). The SMILES string of the molecule is CC1(C)CC(Nc2nc(N)nc(-c3cc(-n4cnnn4)c(C4CC4)cc3F)c2F)CC2CC(F)(F)CN21. The smallest absolute Gasteiger partial charge is 0.262 e. The molecule has 2 aromatic heterocycles. The van der Waals surface area contributed by atoms with Crippen LogP contribution in [0.1, 0.15) is 57.4 Å². The number of halogens is 4. The van der Waals surface area contributed by atoms with E-state index in [-0.39, 0.29) is 54.0 Å². The molecule has 2 saturated heterocycles. The molecular formula is C24H27F4N9. The van der Waals surface area contributed by atoms with Crippen LogP contribution in [0.15, 0.2) is 18.5 Å². The number of alkyl halides is 2. The molecule has 1 saturated carbocycles. The Morgan fingerprint density at radius 3 is 2.59 bits per heavy atom. The van der Waals surface area contributed by atoms with Gasteiger partial charge in [0.2, 0.25) is 5.95 Å². The van der Waals surface area contributed by atoms with Crippen molar-refractivity contribution in [1.82, 2.24) is 35.1 Å². The van der Waals surface area contributed by atoms with Crippen molar-refractivity contribution in [1.29, 1.82) is 0 Å². The summed E-state index contributed by atoms with van der Waals surface area (Å²) in [5.41, 5.74) is 6.26. The Morgan fingerprint density at radius 2 is 1.89 bits per heavy atom. The summed E-state index contributed by atoms with van der Waals surface area (Å²) in [6.45, 7) is 3.53. The van der Waals surface area contributed by atoms with Gasteiger partial charge in [0.05, 0.1) is 12.2 Å². The molecule has 13 heteroatoms. The quantitative estimate of drug-likeness (QED) is 0.490. The molecule has 3 N–H and O–H groups in total. The molecule has 0 amide bonds. The summed E-state index contributed by atoms with van der Waals surface area (Å²) in [7, 11) is 0. The van der Waals surface area contributed by atoms with E-state index in [0.29, 0.717) is 18.5 Å². The number of anilines is 2. The summed E-state index contributed by atoms with van der Waals surface area (Å²) in [6.07, 6.45) is 3.86. The Bertz CT molecular complexity index is 1340. The van der Waals surface area contributed by atoms with Gasteiger partial charge >= 0.3 is 0 Å². The molecule has 1 aliphatic carbocycles. The van der Waals surface area contributed by atoms with E-state index in [4.69, 9.17) is 5.73 Å². The maximum absolute atomic E-state index is 15.8. The maximum atomic E-state index is 15.8. The molecule has 0 spiro atoms. The summed E-state index contributed by atoms with van der Waals surface area (Å²) in [4.78, 5) is 9.88. The number of rotatable bonds is 5. The highest BCUT2D eigenvalue weighted by Crippen LogP contribution is 2.46. The molecule has 2 aliphatic heterocycles. The first-order valence-corrected chi connectivity index (χ1v) is 12.3. The Hall–Kier alpha value is -3.35. The molecule has 4 heterocycles. The van der Waals surface area contributed by atoms with Crippen LogP contribution in [0.4, 0.5) is 29.3 Å². The van der Waals surface area contributed by atoms with E-state index in [2.05, 4.69) is 30.8 Å². The topological polar surface area (TPSA) is 111 Å². The van der Waals surface area contributed by atoms with Crippen molar-refractivity contribution in [2.75, 3.05) is 17.6 Å². The highest BCUT2D eigenvalue weighted by molar-refractivity contribution is 5.69. The third-order valence-corrected chi connectivity index (χ3v) is 7.65. The summed E-state index contributed by atoms with van der Waals surface area (Å²) < 4.78 is 60.9. The third kappa shape index (κ3) is 4.38. The zero-order valence-electron chi connectivity index (χ0n) is 20.4. The Kier molecular flexibility index (Phi) is 5.41. The number of hydrogen-bond donors (Lipinski definition) is 2. The van der Waals surface area contributed by atoms with Crippen LogP contribution < -0.4 is 11.1 Å². The van der Waals surface area contributed by atoms with E-state index in [1.54, 1.807) is 0 Å². The third-order valence-electron chi connectivity index (χ3n) is 7.65. The molecule has 196 valence electrons. The van der Waals surface area contributed by atoms with E-state index < -0.39 is 23.1 Å². The molecule has 2 unspecified atom stereocenters. The van der Waals surface area contributed by atoms with Crippen molar-refractivity contribution in [3.05, 3.63) is 35.7 Å². The van der Waals surface area contributed by atoms with Gasteiger partial charge in [0.1, 0.15) is 17.8 Å². The first kappa shape index (κ1) is 24.0. The van der Waals surface area contributed by atoms with Crippen LogP contribution in [0.2, 0.25) is 0 Å². The predicted octanol–water partition coefficient (Wildman–Crippen LogP) is 3.92. The Balaban J connectivity index is 1.35. The average Bonchev–Trinajstić information content (AvgIpc) is 3.40. The number of nitrogens with two attached hydrogens (primary N) is 1. The zero-order chi connectivity index (χ0) is 26.1. The van der Waals surface area contributed by atoms with Crippen molar-refractivity contribution >= 4 is 11.8 Å². The fraction of sp³-hybridized carbons (Fsp3) is 0.542. The lowest BCUT2D eigenvalue weighted by Gasteiger charge is -2.47. The van der Waals surface area contributed by atoms with Crippen molar-refractivity contribution in [2.45, 2.75) is 75.4 Å². The summed E-state index contributed by atoms with van der Waals surface area (Å²) in [5.74, 6) is -4.52. The zero-order valence-corrected chi connectivity index (χ0v) is 20.4. The molecule has 3 aromatic rings. The van der Waals surface area contributed by atoms with Crippen LogP contribution in [-0.4, -0.2) is 65.2 Å². The van der Waals surface area contributed by atoms with Crippen LogP contribution in [0.5, 0.6) is 0 Å². The monoisotopic (exact) mass is 517 g/mol. The van der Waals surface area contributed by atoms with Gasteiger partial charge in [-0.25, -0.2) is 27.2 Å². The van der Waals surface area contributed by atoms with Gasteiger partial charge in [-0.2, -0.15) is 4.98 Å². The second-order valence-corrected chi connectivity index (χ2v) is 10.9. The minimum atomic E-state index is -2.75. The van der Waals surface area contributed by atoms with Crippen LogP contribution in [0, 0.1) is 11.6 Å². The highest BCUT2D eigenvalue weighted by atomic mass is 19.3. The second-order valence-electron chi connectivity index (χ2n) is 10.9. The summed E-state index contributed by atoms with van der Waals surface area (Å²) in [5, 5.41) is 14.3. The number of hydrogen-bond acceptors (Lipinski definition) is 8. The summed E-state index contributed by atoms with van der Waals surface area (Å²) in [6, 6.07) is 2.16. The minimum Gasteiger partial charge on any atom is -0.368 e. The van der Waals surface area contributed by atoms with Crippen molar-refractivity contribution < 1.29 is 17.6 Å². The first-order chi connectivity index (χ1) is 17.5. The lowest BCUT2D eigenvalue weighted by Crippen LogP contribution is -2.55. The van der Waals surface area contributed by atoms with Gasteiger partial charge in [-0.05, 0) is 73.6 Å². The van der Waals surface area contributed by atoms with Gasteiger partial charge in [-0.1, -0.05) is 0 Å². The molecule has 3 aliphatic rings. The van der Waals surface area contributed by atoms with Gasteiger partial charge in [-0.15, -0.1) is 5.10 Å². The standard InChI is InChI=1S/C24H27F4N9/c1-23(2)8-13(5-14-9-24(27,28)10-36(14)23)31-21-19(26)20(32-22(29)33-21)16-7-18(37-11-30-34-35-37)15(6-17(16)25)12-3-4-12/h6-7,11-14H,3-5,8-10H2,1-2H3,(H3,29,31,32,33).